The van der Waals surface area contributed by atoms with E-state index in [4.69, 9.17) is 16.3 Å². The third-order valence-electron chi connectivity index (χ3n) is 6.83. The highest BCUT2D eigenvalue weighted by Crippen LogP contribution is 2.17. The van der Waals surface area contributed by atoms with Crippen LogP contribution in [0.4, 0.5) is 0 Å². The van der Waals surface area contributed by atoms with Crippen LogP contribution in [0.5, 0.6) is 5.75 Å². The monoisotopic (exact) mass is 579 g/mol. The number of carbonyl (C=O) groups excluding carboxylic acids is 2. The number of methoxy groups -OCH3 is 1. The number of aliphatic hydroxyl groups is 1. The average Bonchev–Trinajstić information content (AvgIpc) is 2.97. The summed E-state index contributed by atoms with van der Waals surface area (Å²) in [4.78, 5) is 28.6. The van der Waals surface area contributed by atoms with Gasteiger partial charge in [0.1, 0.15) is 5.75 Å². The first-order valence-electron chi connectivity index (χ1n) is 14.2. The van der Waals surface area contributed by atoms with Crippen molar-refractivity contribution in [2.45, 2.75) is 58.7 Å². The highest BCUT2D eigenvalue weighted by Gasteiger charge is 2.24. The second kappa shape index (κ2) is 16.2. The van der Waals surface area contributed by atoms with Crippen LogP contribution in [0.15, 0.2) is 66.7 Å². The summed E-state index contributed by atoms with van der Waals surface area (Å²) in [5.41, 5.74) is 3.66. The molecule has 3 aromatic rings. The number of carbonyl (C=O) groups is 2. The molecule has 2 amide bonds. The number of amides is 2. The van der Waals surface area contributed by atoms with E-state index >= 15 is 0 Å². The van der Waals surface area contributed by atoms with E-state index in [0.29, 0.717) is 42.2 Å². The molecule has 3 N–H and O–H groups in total. The van der Waals surface area contributed by atoms with Gasteiger partial charge < -0.3 is 25.4 Å². The minimum absolute atomic E-state index is 0.0778. The first-order valence-corrected chi connectivity index (χ1v) is 14.6. The Morgan fingerprint density at radius 3 is 2.29 bits per heavy atom. The SMILES string of the molecule is CCCN(CCC)C(=O)c1cc(C)cc(C(=O)N[C@@H](Cc2ccc(Cl)cc2)[C@H](O)CNCc2cccc(OC)c2)c1. The Balaban J connectivity index is 1.77. The predicted octanol–water partition coefficient (Wildman–Crippen LogP) is 5.41. The zero-order valence-electron chi connectivity index (χ0n) is 24.5. The topological polar surface area (TPSA) is 90.9 Å². The molecular weight excluding hydrogens is 538 g/mol. The van der Waals surface area contributed by atoms with Gasteiger partial charge in [0.25, 0.3) is 11.8 Å². The molecule has 0 aromatic heterocycles. The molecule has 2 atom stereocenters. The van der Waals surface area contributed by atoms with Crippen molar-refractivity contribution in [3.63, 3.8) is 0 Å². The summed E-state index contributed by atoms with van der Waals surface area (Å²) in [6.45, 7) is 8.09. The van der Waals surface area contributed by atoms with Crippen molar-refractivity contribution < 1.29 is 19.4 Å². The van der Waals surface area contributed by atoms with Crippen LogP contribution in [0.2, 0.25) is 5.02 Å². The van der Waals surface area contributed by atoms with Gasteiger partial charge in [0.05, 0.1) is 19.3 Å². The number of aryl methyl sites for hydroxylation is 1. The normalized spacial score (nSPS) is 12.4. The summed E-state index contributed by atoms with van der Waals surface area (Å²) < 4.78 is 5.29. The molecule has 0 spiro atoms. The maximum atomic E-state index is 13.5. The maximum absolute atomic E-state index is 13.5. The van der Waals surface area contributed by atoms with Crippen molar-refractivity contribution in [2.24, 2.45) is 0 Å². The van der Waals surface area contributed by atoms with E-state index in [2.05, 4.69) is 10.6 Å². The molecule has 41 heavy (non-hydrogen) atoms. The van der Waals surface area contributed by atoms with Gasteiger partial charge in [-0.2, -0.15) is 0 Å². The fourth-order valence-electron chi connectivity index (χ4n) is 4.77. The molecule has 220 valence electrons. The number of nitrogens with zero attached hydrogens (tertiary/aromatic N) is 1. The molecular formula is C33H42ClN3O4. The summed E-state index contributed by atoms with van der Waals surface area (Å²) in [6.07, 6.45) is 1.25. The molecule has 7 nitrogen and oxygen atoms in total. The number of nitrogens with one attached hydrogen (secondary N) is 2. The second-order valence-corrected chi connectivity index (χ2v) is 10.8. The summed E-state index contributed by atoms with van der Waals surface area (Å²) >= 11 is 6.07. The molecule has 8 heteroatoms. The molecule has 3 aromatic carbocycles. The van der Waals surface area contributed by atoms with Crippen LogP contribution in [0, 0.1) is 6.92 Å². The van der Waals surface area contributed by atoms with Crippen molar-refractivity contribution in [1.29, 1.82) is 0 Å². The Labute approximate surface area is 248 Å². The lowest BCUT2D eigenvalue weighted by Gasteiger charge is -2.25. The van der Waals surface area contributed by atoms with Gasteiger partial charge in [0.2, 0.25) is 0 Å². The summed E-state index contributed by atoms with van der Waals surface area (Å²) in [6, 6.07) is 19.7. The molecule has 3 rings (SSSR count). The van der Waals surface area contributed by atoms with Crippen LogP contribution in [-0.2, 0) is 13.0 Å². The van der Waals surface area contributed by atoms with E-state index in [-0.39, 0.29) is 18.4 Å². The molecule has 0 unspecified atom stereocenters. The lowest BCUT2D eigenvalue weighted by atomic mass is 9.99. The van der Waals surface area contributed by atoms with Gasteiger partial charge in [0.15, 0.2) is 0 Å². The maximum Gasteiger partial charge on any atom is 0.253 e. The summed E-state index contributed by atoms with van der Waals surface area (Å²) in [5.74, 6) is 0.346. The van der Waals surface area contributed by atoms with Crippen LogP contribution in [0.3, 0.4) is 0 Å². The smallest absolute Gasteiger partial charge is 0.253 e. The molecule has 0 heterocycles. The minimum atomic E-state index is -0.879. The molecule has 0 fully saturated rings. The molecule has 0 radical (unpaired) electrons. The quantitative estimate of drug-likeness (QED) is 0.224. The standard InChI is InChI=1S/C33H42ClN3O4/c1-5-14-37(15-6-2)33(40)27-17-23(3)16-26(20-27)32(39)36-30(19-24-10-12-28(34)13-11-24)31(38)22-35-21-25-8-7-9-29(18-25)41-4/h7-13,16-18,20,30-31,35,38H,5-6,14-15,19,21-22H2,1-4H3,(H,36,39)/t30-,31+/m0/s1. The van der Waals surface area contributed by atoms with Crippen molar-refractivity contribution in [3.05, 3.63) is 99.6 Å². The Bertz CT molecular complexity index is 1280. The van der Waals surface area contributed by atoms with Gasteiger partial charge >= 0.3 is 0 Å². The van der Waals surface area contributed by atoms with Crippen molar-refractivity contribution in [1.82, 2.24) is 15.5 Å². The fraction of sp³-hybridized carbons (Fsp3) is 0.394. The molecule has 0 aliphatic heterocycles. The van der Waals surface area contributed by atoms with Crippen LogP contribution in [0.25, 0.3) is 0 Å². The third kappa shape index (κ3) is 9.88. The van der Waals surface area contributed by atoms with Gasteiger partial charge in [0, 0.05) is 42.3 Å². The number of halogens is 1. The number of aliphatic hydroxyl groups excluding tert-OH is 1. The lowest BCUT2D eigenvalue weighted by molar-refractivity contribution is 0.0755. The number of rotatable bonds is 15. The van der Waals surface area contributed by atoms with E-state index in [1.165, 1.54) is 0 Å². The van der Waals surface area contributed by atoms with Gasteiger partial charge in [-0.05, 0) is 85.3 Å². The summed E-state index contributed by atoms with van der Waals surface area (Å²) in [7, 11) is 1.62. The molecule has 0 bridgehead atoms. The highest BCUT2D eigenvalue weighted by molar-refractivity contribution is 6.30. The minimum Gasteiger partial charge on any atom is -0.497 e. The van der Waals surface area contributed by atoms with E-state index in [0.717, 1.165) is 35.3 Å². The second-order valence-electron chi connectivity index (χ2n) is 10.3. The van der Waals surface area contributed by atoms with Crippen LogP contribution in [0.1, 0.15) is 64.1 Å². The van der Waals surface area contributed by atoms with Crippen molar-refractivity contribution >= 4 is 23.4 Å². The molecule has 0 saturated heterocycles. The Morgan fingerprint density at radius 1 is 0.951 bits per heavy atom. The zero-order valence-corrected chi connectivity index (χ0v) is 25.2. The first-order chi connectivity index (χ1) is 19.7. The van der Waals surface area contributed by atoms with Crippen LogP contribution >= 0.6 is 11.6 Å². The number of benzene rings is 3. The van der Waals surface area contributed by atoms with E-state index in [1.54, 1.807) is 31.4 Å². The van der Waals surface area contributed by atoms with E-state index < -0.39 is 12.1 Å². The van der Waals surface area contributed by atoms with Gasteiger partial charge in [-0.15, -0.1) is 0 Å². The highest BCUT2D eigenvalue weighted by atomic mass is 35.5. The first kappa shape index (κ1) is 32.1. The molecule has 0 saturated carbocycles. The van der Waals surface area contributed by atoms with Crippen molar-refractivity contribution in [2.75, 3.05) is 26.7 Å². The van der Waals surface area contributed by atoms with Crippen LogP contribution < -0.4 is 15.4 Å². The number of hydrogen-bond donors (Lipinski definition) is 3. The zero-order chi connectivity index (χ0) is 29.8. The molecule has 0 aliphatic carbocycles. The van der Waals surface area contributed by atoms with E-state index in [1.807, 2.05) is 68.1 Å². The van der Waals surface area contributed by atoms with Gasteiger partial charge in [-0.1, -0.05) is 49.7 Å². The average molecular weight is 580 g/mol. The third-order valence-corrected chi connectivity index (χ3v) is 7.08. The number of ether oxygens (including phenoxy) is 1. The fourth-order valence-corrected chi connectivity index (χ4v) is 4.90. The Kier molecular flexibility index (Phi) is 12.7. The van der Waals surface area contributed by atoms with Gasteiger partial charge in [-0.3, -0.25) is 9.59 Å². The van der Waals surface area contributed by atoms with Gasteiger partial charge in [-0.25, -0.2) is 0 Å². The Hall–Kier alpha value is -3.39. The Morgan fingerprint density at radius 2 is 1.63 bits per heavy atom. The predicted molar refractivity (Wildman–Crippen MR) is 165 cm³/mol. The number of hydrogen-bond acceptors (Lipinski definition) is 5. The largest absolute Gasteiger partial charge is 0.497 e. The van der Waals surface area contributed by atoms with Crippen molar-refractivity contribution in [3.8, 4) is 5.75 Å². The lowest BCUT2D eigenvalue weighted by Crippen LogP contribution is -2.48. The van der Waals surface area contributed by atoms with E-state index in [9.17, 15) is 14.7 Å². The molecule has 0 aliphatic rings. The summed E-state index contributed by atoms with van der Waals surface area (Å²) in [5, 5.41) is 18.1. The van der Waals surface area contributed by atoms with Crippen LogP contribution in [-0.4, -0.2) is 60.7 Å².